The van der Waals surface area contributed by atoms with Gasteiger partial charge in [0.05, 0.1) is 12.6 Å². The van der Waals surface area contributed by atoms with Crippen LogP contribution < -0.4 is 19.7 Å². The van der Waals surface area contributed by atoms with E-state index in [0.29, 0.717) is 23.7 Å². The first-order valence-corrected chi connectivity index (χ1v) is 9.86. The second-order valence-corrected chi connectivity index (χ2v) is 7.32. The van der Waals surface area contributed by atoms with Crippen LogP contribution in [0.3, 0.4) is 0 Å². The Hall–Kier alpha value is -4.00. The lowest BCUT2D eigenvalue weighted by atomic mass is 10.2. The molecule has 0 aliphatic rings. The number of H-pyrrole nitrogens is 1. The van der Waals surface area contributed by atoms with Gasteiger partial charge in [-0.2, -0.15) is 5.10 Å². The lowest BCUT2D eigenvalue weighted by Crippen LogP contribution is -2.13. The molecule has 0 radical (unpaired) electrons. The van der Waals surface area contributed by atoms with Crippen LogP contribution >= 0.6 is 0 Å². The number of ether oxygens (including phenoxy) is 2. The van der Waals surface area contributed by atoms with Gasteiger partial charge < -0.3 is 19.7 Å². The molecule has 4 aromatic rings. The second kappa shape index (κ2) is 8.79. The first-order valence-electron chi connectivity index (χ1n) is 9.86. The number of rotatable bonds is 7. The summed E-state index contributed by atoms with van der Waals surface area (Å²) >= 11 is 0. The number of aromatic nitrogens is 2. The van der Waals surface area contributed by atoms with Gasteiger partial charge in [-0.05, 0) is 60.2 Å². The van der Waals surface area contributed by atoms with Gasteiger partial charge in [-0.15, -0.1) is 0 Å². The highest BCUT2D eigenvalue weighted by Crippen LogP contribution is 2.27. The molecular weight excluding hydrogens is 392 g/mol. The fourth-order valence-corrected chi connectivity index (χ4v) is 3.20. The zero-order valence-electron chi connectivity index (χ0n) is 17.7. The van der Waals surface area contributed by atoms with Gasteiger partial charge in [-0.3, -0.25) is 9.89 Å². The van der Waals surface area contributed by atoms with E-state index < -0.39 is 0 Å². The van der Waals surface area contributed by atoms with E-state index in [0.717, 1.165) is 27.9 Å². The van der Waals surface area contributed by atoms with Gasteiger partial charge in [0.2, 0.25) is 0 Å². The molecule has 0 unspecified atom stereocenters. The molecule has 7 nitrogen and oxygen atoms in total. The number of fused-ring (bicyclic) bond motifs is 1. The Labute approximate surface area is 180 Å². The third-order valence-electron chi connectivity index (χ3n) is 4.95. The molecule has 0 saturated carbocycles. The fourth-order valence-electron chi connectivity index (χ4n) is 3.20. The molecule has 0 spiro atoms. The minimum Gasteiger partial charge on any atom is -0.497 e. The standard InChI is InChI=1S/C24H24N4O3/c1-28(2)18-9-7-17(8-10-18)24(29)25-23-21-14-20(11-12-22(21)26-27-23)31-15-16-5-4-6-19(13-16)30-3/h4-14H,15H2,1-3H3,(H2,25,26,27,29). The molecule has 1 aromatic heterocycles. The topological polar surface area (TPSA) is 79.5 Å². The Balaban J connectivity index is 1.49. The molecule has 0 aliphatic carbocycles. The maximum absolute atomic E-state index is 12.7. The van der Waals surface area contributed by atoms with Crippen molar-refractivity contribution in [2.45, 2.75) is 6.61 Å². The molecule has 158 valence electrons. The summed E-state index contributed by atoms with van der Waals surface area (Å²) in [6.07, 6.45) is 0. The predicted octanol–water partition coefficient (Wildman–Crippen LogP) is 4.47. The first-order chi connectivity index (χ1) is 15.0. The zero-order chi connectivity index (χ0) is 21.8. The Morgan fingerprint density at radius 1 is 1.03 bits per heavy atom. The molecule has 0 saturated heterocycles. The van der Waals surface area contributed by atoms with E-state index in [1.165, 1.54) is 0 Å². The van der Waals surface area contributed by atoms with Crippen LogP contribution in [0, 0.1) is 0 Å². The Morgan fingerprint density at radius 2 is 1.84 bits per heavy atom. The number of hydrogen-bond donors (Lipinski definition) is 2. The molecule has 7 heteroatoms. The monoisotopic (exact) mass is 416 g/mol. The van der Waals surface area contributed by atoms with Gasteiger partial charge >= 0.3 is 0 Å². The molecule has 0 bridgehead atoms. The van der Waals surface area contributed by atoms with Crippen molar-refractivity contribution < 1.29 is 14.3 Å². The summed E-state index contributed by atoms with van der Waals surface area (Å²) in [5, 5.41) is 10.9. The lowest BCUT2D eigenvalue weighted by molar-refractivity contribution is 0.102. The maximum atomic E-state index is 12.7. The van der Waals surface area contributed by atoms with Crippen molar-refractivity contribution >= 4 is 28.3 Å². The van der Waals surface area contributed by atoms with Crippen LogP contribution in [0.2, 0.25) is 0 Å². The molecule has 0 atom stereocenters. The number of nitrogens with zero attached hydrogens (tertiary/aromatic N) is 2. The van der Waals surface area contributed by atoms with E-state index in [-0.39, 0.29) is 5.91 Å². The van der Waals surface area contributed by atoms with Crippen molar-refractivity contribution in [3.05, 3.63) is 77.9 Å². The summed E-state index contributed by atoms with van der Waals surface area (Å²) < 4.78 is 11.2. The van der Waals surface area contributed by atoms with E-state index >= 15 is 0 Å². The summed E-state index contributed by atoms with van der Waals surface area (Å²) in [7, 11) is 5.55. The number of methoxy groups -OCH3 is 1. The van der Waals surface area contributed by atoms with E-state index in [1.54, 1.807) is 19.2 Å². The van der Waals surface area contributed by atoms with Crippen molar-refractivity contribution in [3.63, 3.8) is 0 Å². The zero-order valence-corrected chi connectivity index (χ0v) is 17.7. The van der Waals surface area contributed by atoms with Gasteiger partial charge in [0.1, 0.15) is 18.1 Å². The van der Waals surface area contributed by atoms with Crippen LogP contribution in [0.25, 0.3) is 10.9 Å². The molecular formula is C24H24N4O3. The van der Waals surface area contributed by atoms with Gasteiger partial charge in [0, 0.05) is 30.7 Å². The molecule has 4 rings (SSSR count). The summed E-state index contributed by atoms with van der Waals surface area (Å²) in [5.41, 5.74) is 3.40. The molecule has 1 heterocycles. The Kier molecular flexibility index (Phi) is 5.75. The molecule has 1 amide bonds. The third kappa shape index (κ3) is 4.61. The lowest BCUT2D eigenvalue weighted by Gasteiger charge is -2.12. The molecule has 3 aromatic carbocycles. The van der Waals surface area contributed by atoms with E-state index in [1.807, 2.05) is 73.6 Å². The van der Waals surface area contributed by atoms with Crippen LogP contribution in [0.15, 0.2) is 66.7 Å². The fraction of sp³-hybridized carbons (Fsp3) is 0.167. The van der Waals surface area contributed by atoms with Crippen molar-refractivity contribution in [1.82, 2.24) is 10.2 Å². The summed E-state index contributed by atoms with van der Waals surface area (Å²) in [4.78, 5) is 14.7. The van der Waals surface area contributed by atoms with Gasteiger partial charge in [0.15, 0.2) is 5.82 Å². The summed E-state index contributed by atoms with van der Waals surface area (Å²) in [5.74, 6) is 1.71. The summed E-state index contributed by atoms with van der Waals surface area (Å²) in [6, 6.07) is 20.7. The molecule has 0 aliphatic heterocycles. The van der Waals surface area contributed by atoms with Crippen molar-refractivity contribution in [1.29, 1.82) is 0 Å². The van der Waals surface area contributed by atoms with E-state index in [4.69, 9.17) is 9.47 Å². The Bertz CT molecular complexity index is 1200. The molecule has 2 N–H and O–H groups in total. The van der Waals surface area contributed by atoms with Crippen LogP contribution in [0.1, 0.15) is 15.9 Å². The van der Waals surface area contributed by atoms with Crippen LogP contribution in [0.5, 0.6) is 11.5 Å². The van der Waals surface area contributed by atoms with Crippen molar-refractivity contribution in [3.8, 4) is 11.5 Å². The molecule has 0 fully saturated rings. The number of carbonyl (C=O) groups excluding carboxylic acids is 1. The van der Waals surface area contributed by atoms with Crippen molar-refractivity contribution in [2.24, 2.45) is 0 Å². The highest BCUT2D eigenvalue weighted by atomic mass is 16.5. The number of hydrogen-bond acceptors (Lipinski definition) is 5. The normalized spacial score (nSPS) is 10.7. The average molecular weight is 416 g/mol. The predicted molar refractivity (Wildman–Crippen MR) is 122 cm³/mol. The highest BCUT2D eigenvalue weighted by Gasteiger charge is 2.12. The minimum absolute atomic E-state index is 0.221. The third-order valence-corrected chi connectivity index (χ3v) is 4.95. The number of nitrogens with one attached hydrogen (secondary N) is 2. The number of aromatic amines is 1. The summed E-state index contributed by atoms with van der Waals surface area (Å²) in [6.45, 7) is 0.403. The largest absolute Gasteiger partial charge is 0.497 e. The average Bonchev–Trinajstić information content (AvgIpc) is 3.19. The second-order valence-electron chi connectivity index (χ2n) is 7.32. The highest BCUT2D eigenvalue weighted by molar-refractivity contribution is 6.08. The van der Waals surface area contributed by atoms with Crippen LogP contribution in [-0.2, 0) is 6.61 Å². The van der Waals surface area contributed by atoms with Gasteiger partial charge in [0.25, 0.3) is 5.91 Å². The number of benzene rings is 3. The molecule has 31 heavy (non-hydrogen) atoms. The van der Waals surface area contributed by atoms with Crippen LogP contribution in [-0.4, -0.2) is 37.3 Å². The number of carbonyl (C=O) groups is 1. The number of anilines is 2. The number of amides is 1. The first kappa shape index (κ1) is 20.3. The maximum Gasteiger partial charge on any atom is 0.256 e. The quantitative estimate of drug-likeness (QED) is 0.465. The van der Waals surface area contributed by atoms with E-state index in [2.05, 4.69) is 15.5 Å². The van der Waals surface area contributed by atoms with E-state index in [9.17, 15) is 4.79 Å². The Morgan fingerprint density at radius 3 is 2.58 bits per heavy atom. The smallest absolute Gasteiger partial charge is 0.256 e. The van der Waals surface area contributed by atoms with Gasteiger partial charge in [-0.1, -0.05) is 12.1 Å². The van der Waals surface area contributed by atoms with Crippen LogP contribution in [0.4, 0.5) is 11.5 Å². The minimum atomic E-state index is -0.221. The SMILES string of the molecule is COc1cccc(COc2ccc3[nH]nc(NC(=O)c4ccc(N(C)C)cc4)c3c2)c1. The van der Waals surface area contributed by atoms with Crippen molar-refractivity contribution in [2.75, 3.05) is 31.4 Å². The van der Waals surface area contributed by atoms with Gasteiger partial charge in [-0.25, -0.2) is 0 Å².